The number of halogens is 1. The lowest BCUT2D eigenvalue weighted by molar-refractivity contribution is -0.150. The number of aliphatic carboxylic acids is 1. The summed E-state index contributed by atoms with van der Waals surface area (Å²) in [6.45, 7) is 0.547. The first kappa shape index (κ1) is 15.3. The minimum absolute atomic E-state index is 0.0165. The molecule has 0 aromatic heterocycles. The van der Waals surface area contributed by atoms with E-state index >= 15 is 0 Å². The Labute approximate surface area is 135 Å². The second-order valence-corrected chi connectivity index (χ2v) is 6.73. The van der Waals surface area contributed by atoms with E-state index in [9.17, 15) is 14.7 Å². The maximum atomic E-state index is 13.2. The molecular formula is C17H20ClNO3. The van der Waals surface area contributed by atoms with E-state index in [1.165, 1.54) is 0 Å². The molecule has 1 heterocycles. The fraction of sp³-hybridized carbons (Fsp3) is 0.529. The van der Waals surface area contributed by atoms with Gasteiger partial charge in [0.15, 0.2) is 0 Å². The first-order valence-electron chi connectivity index (χ1n) is 7.84. The summed E-state index contributed by atoms with van der Waals surface area (Å²) in [5, 5.41) is 10.0. The molecule has 1 aliphatic carbocycles. The SMILES string of the molecule is O=C(O)C1CCCN1C(=O)C1(c2ccc(Cl)cc2)CCCC1. The third kappa shape index (κ3) is 2.50. The molecule has 22 heavy (non-hydrogen) atoms. The zero-order chi connectivity index (χ0) is 15.7. The molecule has 1 aliphatic heterocycles. The molecule has 1 aromatic rings. The van der Waals surface area contributed by atoms with Crippen LogP contribution in [0.1, 0.15) is 44.1 Å². The maximum Gasteiger partial charge on any atom is 0.326 e. The van der Waals surface area contributed by atoms with E-state index in [0.29, 0.717) is 18.0 Å². The van der Waals surface area contributed by atoms with Crippen molar-refractivity contribution in [1.29, 1.82) is 0 Å². The zero-order valence-electron chi connectivity index (χ0n) is 12.4. The minimum atomic E-state index is -0.893. The summed E-state index contributed by atoms with van der Waals surface area (Å²) in [7, 11) is 0. The average molecular weight is 322 g/mol. The van der Waals surface area contributed by atoms with Gasteiger partial charge in [-0.15, -0.1) is 0 Å². The summed E-state index contributed by atoms with van der Waals surface area (Å²) in [5.41, 5.74) is 0.401. The largest absolute Gasteiger partial charge is 0.480 e. The highest BCUT2D eigenvalue weighted by Crippen LogP contribution is 2.44. The van der Waals surface area contributed by atoms with Gasteiger partial charge in [0, 0.05) is 11.6 Å². The van der Waals surface area contributed by atoms with E-state index in [0.717, 1.165) is 37.7 Å². The number of nitrogens with zero attached hydrogens (tertiary/aromatic N) is 1. The summed E-state index contributed by atoms with van der Waals surface area (Å²) < 4.78 is 0. The molecule has 1 saturated heterocycles. The highest BCUT2D eigenvalue weighted by Gasteiger charge is 2.48. The molecule has 1 atom stereocenters. The molecule has 0 bridgehead atoms. The van der Waals surface area contributed by atoms with E-state index in [1.54, 1.807) is 4.90 Å². The molecule has 0 radical (unpaired) electrons. The number of carbonyl (C=O) groups is 2. The highest BCUT2D eigenvalue weighted by molar-refractivity contribution is 6.30. The summed E-state index contributed by atoms with van der Waals surface area (Å²) in [5.74, 6) is -0.910. The van der Waals surface area contributed by atoms with Gasteiger partial charge in [-0.3, -0.25) is 4.79 Å². The van der Waals surface area contributed by atoms with Crippen molar-refractivity contribution in [3.63, 3.8) is 0 Å². The van der Waals surface area contributed by atoms with Crippen molar-refractivity contribution in [2.45, 2.75) is 50.0 Å². The van der Waals surface area contributed by atoms with Gasteiger partial charge in [-0.1, -0.05) is 36.6 Å². The van der Waals surface area contributed by atoms with Crippen LogP contribution >= 0.6 is 11.6 Å². The third-order valence-corrected chi connectivity index (χ3v) is 5.31. The number of likely N-dealkylation sites (tertiary alicyclic amines) is 1. The predicted molar refractivity (Wildman–Crippen MR) is 84.0 cm³/mol. The van der Waals surface area contributed by atoms with Crippen molar-refractivity contribution in [3.05, 3.63) is 34.9 Å². The fourth-order valence-electron chi connectivity index (χ4n) is 3.91. The fourth-order valence-corrected chi connectivity index (χ4v) is 4.04. The Hall–Kier alpha value is -1.55. The van der Waals surface area contributed by atoms with Crippen LogP contribution in [-0.2, 0) is 15.0 Å². The van der Waals surface area contributed by atoms with E-state index in [1.807, 2.05) is 24.3 Å². The zero-order valence-corrected chi connectivity index (χ0v) is 13.2. The van der Waals surface area contributed by atoms with Crippen molar-refractivity contribution < 1.29 is 14.7 Å². The number of carboxylic acid groups (broad SMARTS) is 1. The average Bonchev–Trinajstić information content (AvgIpc) is 3.17. The Morgan fingerprint density at radius 1 is 1.14 bits per heavy atom. The molecule has 4 nitrogen and oxygen atoms in total. The first-order chi connectivity index (χ1) is 10.5. The van der Waals surface area contributed by atoms with Crippen LogP contribution in [0.3, 0.4) is 0 Å². The number of hydrogen-bond donors (Lipinski definition) is 1. The molecule has 118 valence electrons. The Bertz CT molecular complexity index is 578. The first-order valence-corrected chi connectivity index (χ1v) is 8.22. The minimum Gasteiger partial charge on any atom is -0.480 e. The summed E-state index contributed by atoms with van der Waals surface area (Å²) in [6, 6.07) is 6.78. The lowest BCUT2D eigenvalue weighted by Crippen LogP contribution is -2.49. The summed E-state index contributed by atoms with van der Waals surface area (Å²) in [6.07, 6.45) is 4.89. The van der Waals surface area contributed by atoms with Gasteiger partial charge >= 0.3 is 5.97 Å². The number of benzene rings is 1. The van der Waals surface area contributed by atoms with Gasteiger partial charge in [0.25, 0.3) is 0 Å². The Morgan fingerprint density at radius 2 is 1.77 bits per heavy atom. The lowest BCUT2D eigenvalue weighted by Gasteiger charge is -2.34. The molecule has 0 spiro atoms. The molecule has 1 unspecified atom stereocenters. The Balaban J connectivity index is 1.95. The molecule has 2 fully saturated rings. The van der Waals surface area contributed by atoms with Gasteiger partial charge in [-0.25, -0.2) is 4.79 Å². The van der Waals surface area contributed by atoms with Gasteiger partial charge in [0.05, 0.1) is 5.41 Å². The van der Waals surface area contributed by atoms with Crippen LogP contribution in [0.4, 0.5) is 0 Å². The molecule has 1 amide bonds. The number of rotatable bonds is 3. The van der Waals surface area contributed by atoms with Crippen LogP contribution in [0, 0.1) is 0 Å². The van der Waals surface area contributed by atoms with Crippen molar-refractivity contribution in [3.8, 4) is 0 Å². The number of carbonyl (C=O) groups excluding carboxylic acids is 1. The standard InChI is InChI=1S/C17H20ClNO3/c18-13-7-5-12(6-8-13)17(9-1-2-10-17)16(22)19-11-3-4-14(19)15(20)21/h5-8,14H,1-4,9-11H2,(H,20,21). The summed E-state index contributed by atoms with van der Waals surface area (Å²) >= 11 is 5.96. The van der Waals surface area contributed by atoms with Crippen LogP contribution in [0.15, 0.2) is 24.3 Å². The molecule has 5 heteroatoms. The van der Waals surface area contributed by atoms with Gasteiger partial charge in [-0.2, -0.15) is 0 Å². The monoisotopic (exact) mass is 321 g/mol. The predicted octanol–water partition coefficient (Wildman–Crippen LogP) is 3.23. The van der Waals surface area contributed by atoms with Crippen molar-refractivity contribution in [2.24, 2.45) is 0 Å². The third-order valence-electron chi connectivity index (χ3n) is 5.06. The van der Waals surface area contributed by atoms with Crippen LogP contribution < -0.4 is 0 Å². The summed E-state index contributed by atoms with van der Waals surface area (Å²) in [4.78, 5) is 26.2. The van der Waals surface area contributed by atoms with Crippen LogP contribution in [0.5, 0.6) is 0 Å². The molecule has 1 N–H and O–H groups in total. The lowest BCUT2D eigenvalue weighted by atomic mass is 9.77. The van der Waals surface area contributed by atoms with Crippen molar-refractivity contribution >= 4 is 23.5 Å². The molecular weight excluding hydrogens is 302 g/mol. The second-order valence-electron chi connectivity index (χ2n) is 6.29. The van der Waals surface area contributed by atoms with Gasteiger partial charge in [-0.05, 0) is 43.4 Å². The van der Waals surface area contributed by atoms with Crippen molar-refractivity contribution in [1.82, 2.24) is 4.90 Å². The van der Waals surface area contributed by atoms with Crippen LogP contribution in [0.2, 0.25) is 5.02 Å². The maximum absolute atomic E-state index is 13.2. The molecule has 1 aromatic carbocycles. The molecule has 3 rings (SSSR count). The van der Waals surface area contributed by atoms with E-state index in [2.05, 4.69) is 0 Å². The molecule has 1 saturated carbocycles. The van der Waals surface area contributed by atoms with E-state index < -0.39 is 17.4 Å². The molecule has 2 aliphatic rings. The quantitative estimate of drug-likeness (QED) is 0.930. The Morgan fingerprint density at radius 3 is 2.36 bits per heavy atom. The van der Waals surface area contributed by atoms with Crippen LogP contribution in [-0.4, -0.2) is 34.5 Å². The highest BCUT2D eigenvalue weighted by atomic mass is 35.5. The Kier molecular flexibility index (Phi) is 4.13. The normalized spacial score (nSPS) is 23.7. The van der Waals surface area contributed by atoms with E-state index in [4.69, 9.17) is 11.6 Å². The van der Waals surface area contributed by atoms with Gasteiger partial charge < -0.3 is 10.0 Å². The topological polar surface area (TPSA) is 57.6 Å². The van der Waals surface area contributed by atoms with Crippen molar-refractivity contribution in [2.75, 3.05) is 6.54 Å². The van der Waals surface area contributed by atoms with Gasteiger partial charge in [0.1, 0.15) is 6.04 Å². The number of amides is 1. The second kappa shape index (κ2) is 5.92. The number of hydrogen-bond acceptors (Lipinski definition) is 2. The van der Waals surface area contributed by atoms with Crippen LogP contribution in [0.25, 0.3) is 0 Å². The van der Waals surface area contributed by atoms with Gasteiger partial charge in [0.2, 0.25) is 5.91 Å². The smallest absolute Gasteiger partial charge is 0.326 e. The van der Waals surface area contributed by atoms with E-state index in [-0.39, 0.29) is 5.91 Å². The number of carboxylic acids is 1.